The number of nitrogens with two attached hydrogens (primary N) is 1. The second kappa shape index (κ2) is 6.01. The van der Waals surface area contributed by atoms with E-state index in [4.69, 9.17) is 10.5 Å². The second-order valence-corrected chi connectivity index (χ2v) is 4.96. The highest BCUT2D eigenvalue weighted by Gasteiger charge is 2.16. The van der Waals surface area contributed by atoms with Gasteiger partial charge >= 0.3 is 0 Å². The summed E-state index contributed by atoms with van der Waals surface area (Å²) in [5.74, 6) is 1.02. The van der Waals surface area contributed by atoms with Crippen molar-refractivity contribution in [1.82, 2.24) is 0 Å². The maximum atomic E-state index is 12.2. The maximum Gasteiger partial charge on any atom is 0.163 e. The molecule has 0 radical (unpaired) electrons. The third kappa shape index (κ3) is 3.10. The van der Waals surface area contributed by atoms with Crippen LogP contribution < -0.4 is 10.5 Å². The van der Waals surface area contributed by atoms with Crippen LogP contribution in [0.5, 0.6) is 5.75 Å². The van der Waals surface area contributed by atoms with Gasteiger partial charge in [-0.05, 0) is 56.9 Å². The number of hydrogen-bond acceptors (Lipinski definition) is 3. The molecule has 100 valence electrons. The minimum atomic E-state index is 0.0638. The first kappa shape index (κ1) is 14.7. The first-order valence-corrected chi connectivity index (χ1v) is 6.32. The number of ether oxygens (including phenoxy) is 1. The Kier molecular flexibility index (Phi) is 4.91. The van der Waals surface area contributed by atoms with Crippen LogP contribution in [0.25, 0.3) is 0 Å². The number of aryl methyl sites for hydroxylation is 1. The molecule has 0 aliphatic rings. The molecule has 1 aromatic rings. The standard InChI is InChI=1S/C15H23NO2/c1-9-8-14(18-5)11(3)12(4)15(9)13(17)7-6-10(2)16/h8,10H,6-7,16H2,1-5H3. The van der Waals surface area contributed by atoms with Crippen LogP contribution in [0.3, 0.4) is 0 Å². The molecule has 3 heteroatoms. The van der Waals surface area contributed by atoms with Gasteiger partial charge < -0.3 is 10.5 Å². The molecule has 3 nitrogen and oxygen atoms in total. The highest BCUT2D eigenvalue weighted by Crippen LogP contribution is 2.28. The molecule has 1 aromatic carbocycles. The normalized spacial score (nSPS) is 12.3. The van der Waals surface area contributed by atoms with Crippen molar-refractivity contribution in [2.24, 2.45) is 5.73 Å². The van der Waals surface area contributed by atoms with Crippen molar-refractivity contribution in [3.05, 3.63) is 28.3 Å². The number of carbonyl (C=O) groups is 1. The molecule has 0 aromatic heterocycles. The summed E-state index contributed by atoms with van der Waals surface area (Å²) in [5.41, 5.74) is 9.55. The van der Waals surface area contributed by atoms with Crippen LogP contribution in [0, 0.1) is 20.8 Å². The summed E-state index contributed by atoms with van der Waals surface area (Å²) >= 11 is 0. The van der Waals surface area contributed by atoms with Gasteiger partial charge in [-0.25, -0.2) is 0 Å². The minimum Gasteiger partial charge on any atom is -0.496 e. The molecule has 1 rings (SSSR count). The molecule has 0 bridgehead atoms. The van der Waals surface area contributed by atoms with Crippen LogP contribution in [-0.2, 0) is 0 Å². The summed E-state index contributed by atoms with van der Waals surface area (Å²) in [7, 11) is 1.65. The monoisotopic (exact) mass is 249 g/mol. The van der Waals surface area contributed by atoms with Crippen molar-refractivity contribution in [1.29, 1.82) is 0 Å². The highest BCUT2D eigenvalue weighted by atomic mass is 16.5. The first-order valence-electron chi connectivity index (χ1n) is 6.32. The lowest BCUT2D eigenvalue weighted by Crippen LogP contribution is -2.17. The zero-order valence-electron chi connectivity index (χ0n) is 12.0. The number of Topliss-reactive ketones (excluding diaryl/α,β-unsaturated/α-hetero) is 1. The highest BCUT2D eigenvalue weighted by molar-refractivity contribution is 5.99. The van der Waals surface area contributed by atoms with E-state index in [0.29, 0.717) is 6.42 Å². The van der Waals surface area contributed by atoms with E-state index in [0.717, 1.165) is 34.4 Å². The lowest BCUT2D eigenvalue weighted by atomic mass is 9.92. The molecule has 1 unspecified atom stereocenters. The average Bonchev–Trinajstić information content (AvgIpc) is 2.31. The van der Waals surface area contributed by atoms with Gasteiger partial charge in [0.25, 0.3) is 0 Å². The minimum absolute atomic E-state index is 0.0638. The topological polar surface area (TPSA) is 52.3 Å². The summed E-state index contributed by atoms with van der Waals surface area (Å²) in [6.07, 6.45) is 1.23. The largest absolute Gasteiger partial charge is 0.496 e. The Balaban J connectivity index is 3.09. The van der Waals surface area contributed by atoms with Crippen LogP contribution in [-0.4, -0.2) is 18.9 Å². The Bertz CT molecular complexity index is 450. The zero-order chi connectivity index (χ0) is 13.9. The van der Waals surface area contributed by atoms with Crippen LogP contribution in [0.4, 0.5) is 0 Å². The Labute approximate surface area is 109 Å². The molecule has 0 heterocycles. The lowest BCUT2D eigenvalue weighted by Gasteiger charge is -2.15. The van der Waals surface area contributed by atoms with Gasteiger partial charge in [-0.2, -0.15) is 0 Å². The van der Waals surface area contributed by atoms with Crippen LogP contribution in [0.1, 0.15) is 46.8 Å². The van der Waals surface area contributed by atoms with Gasteiger partial charge in [0.05, 0.1) is 7.11 Å². The summed E-state index contributed by atoms with van der Waals surface area (Å²) in [5, 5.41) is 0. The van der Waals surface area contributed by atoms with E-state index in [-0.39, 0.29) is 11.8 Å². The fourth-order valence-corrected chi connectivity index (χ4v) is 2.17. The number of hydrogen-bond donors (Lipinski definition) is 1. The van der Waals surface area contributed by atoms with E-state index in [1.807, 2.05) is 33.8 Å². The molecule has 0 aliphatic heterocycles. The van der Waals surface area contributed by atoms with Gasteiger partial charge in [0.15, 0.2) is 5.78 Å². The SMILES string of the molecule is COc1cc(C)c(C(=O)CCC(C)N)c(C)c1C. The van der Waals surface area contributed by atoms with Crippen LogP contribution in [0.2, 0.25) is 0 Å². The second-order valence-electron chi connectivity index (χ2n) is 4.96. The molecule has 0 fully saturated rings. The average molecular weight is 249 g/mol. The molecule has 0 aliphatic carbocycles. The van der Waals surface area contributed by atoms with Crippen LogP contribution in [0.15, 0.2) is 6.07 Å². The van der Waals surface area contributed by atoms with Crippen molar-refractivity contribution in [2.75, 3.05) is 7.11 Å². The van der Waals surface area contributed by atoms with Crippen molar-refractivity contribution in [2.45, 2.75) is 46.6 Å². The third-order valence-electron chi connectivity index (χ3n) is 3.37. The fraction of sp³-hybridized carbons (Fsp3) is 0.533. The van der Waals surface area contributed by atoms with E-state index in [2.05, 4.69) is 0 Å². The van der Waals surface area contributed by atoms with Gasteiger partial charge in [0.2, 0.25) is 0 Å². The summed E-state index contributed by atoms with van der Waals surface area (Å²) in [6, 6.07) is 2.00. The molecule has 0 saturated heterocycles. The number of carbonyl (C=O) groups excluding carboxylic acids is 1. The van der Waals surface area contributed by atoms with Gasteiger partial charge in [0.1, 0.15) is 5.75 Å². The molecule has 0 amide bonds. The molecule has 0 spiro atoms. The Morgan fingerprint density at radius 1 is 1.33 bits per heavy atom. The smallest absolute Gasteiger partial charge is 0.163 e. The number of rotatable bonds is 5. The van der Waals surface area contributed by atoms with Crippen LogP contribution >= 0.6 is 0 Å². The maximum absolute atomic E-state index is 12.2. The van der Waals surface area contributed by atoms with Crippen molar-refractivity contribution >= 4 is 5.78 Å². The molecule has 2 N–H and O–H groups in total. The predicted octanol–water partition coefficient (Wildman–Crippen LogP) is 2.93. The van der Waals surface area contributed by atoms with Crippen molar-refractivity contribution < 1.29 is 9.53 Å². The van der Waals surface area contributed by atoms with Gasteiger partial charge in [-0.1, -0.05) is 0 Å². The third-order valence-corrected chi connectivity index (χ3v) is 3.37. The molecule has 0 saturated carbocycles. The zero-order valence-corrected chi connectivity index (χ0v) is 12.0. The Morgan fingerprint density at radius 3 is 2.44 bits per heavy atom. The molecular weight excluding hydrogens is 226 g/mol. The van der Waals surface area contributed by atoms with Gasteiger partial charge in [0, 0.05) is 18.0 Å². The summed E-state index contributed by atoms with van der Waals surface area (Å²) in [4.78, 5) is 12.2. The quantitative estimate of drug-likeness (QED) is 0.816. The van der Waals surface area contributed by atoms with E-state index in [9.17, 15) is 4.79 Å². The number of ketones is 1. The number of methoxy groups -OCH3 is 1. The van der Waals surface area contributed by atoms with E-state index >= 15 is 0 Å². The van der Waals surface area contributed by atoms with E-state index < -0.39 is 0 Å². The lowest BCUT2D eigenvalue weighted by molar-refractivity contribution is 0.0976. The van der Waals surface area contributed by atoms with Gasteiger partial charge in [-0.15, -0.1) is 0 Å². The summed E-state index contributed by atoms with van der Waals surface area (Å²) in [6.45, 7) is 7.83. The van der Waals surface area contributed by atoms with E-state index in [1.165, 1.54) is 0 Å². The molecular formula is C15H23NO2. The summed E-state index contributed by atoms with van der Waals surface area (Å²) < 4.78 is 5.31. The fourth-order valence-electron chi connectivity index (χ4n) is 2.17. The number of benzene rings is 1. The molecule has 1 atom stereocenters. The predicted molar refractivity (Wildman–Crippen MR) is 74.4 cm³/mol. The first-order chi connectivity index (χ1) is 8.38. The molecule has 18 heavy (non-hydrogen) atoms. The van der Waals surface area contributed by atoms with Crippen molar-refractivity contribution in [3.63, 3.8) is 0 Å². The Hall–Kier alpha value is -1.35. The Morgan fingerprint density at radius 2 is 1.94 bits per heavy atom. The van der Waals surface area contributed by atoms with Crippen molar-refractivity contribution in [3.8, 4) is 5.75 Å². The van der Waals surface area contributed by atoms with Gasteiger partial charge in [-0.3, -0.25) is 4.79 Å². The van der Waals surface area contributed by atoms with E-state index in [1.54, 1.807) is 7.11 Å².